The van der Waals surface area contributed by atoms with E-state index < -0.39 is 0 Å². The Bertz CT molecular complexity index is 1140. The summed E-state index contributed by atoms with van der Waals surface area (Å²) in [6, 6.07) is 8.41. The first-order valence-electron chi connectivity index (χ1n) is 12.5. The van der Waals surface area contributed by atoms with E-state index in [0.29, 0.717) is 24.3 Å². The molecule has 1 aromatic carbocycles. The fourth-order valence-corrected chi connectivity index (χ4v) is 4.40. The molecule has 1 saturated heterocycles. The number of hydrogen-bond acceptors (Lipinski definition) is 9. The van der Waals surface area contributed by atoms with Crippen LogP contribution in [0.25, 0.3) is 11.4 Å². The molecule has 2 aliphatic heterocycles. The Morgan fingerprint density at radius 3 is 2.89 bits per heavy atom. The van der Waals surface area contributed by atoms with Crippen LogP contribution in [0.2, 0.25) is 0 Å². The number of benzene rings is 1. The van der Waals surface area contributed by atoms with E-state index in [9.17, 15) is 0 Å². The summed E-state index contributed by atoms with van der Waals surface area (Å²) < 4.78 is 11.3. The lowest BCUT2D eigenvalue weighted by Gasteiger charge is -2.36. The van der Waals surface area contributed by atoms with Crippen LogP contribution < -0.4 is 20.3 Å². The minimum absolute atomic E-state index is 0.292. The van der Waals surface area contributed by atoms with Crippen LogP contribution in [0.15, 0.2) is 36.7 Å². The SMILES string of the molecule is CCCCOc1cncc(Nc2ccc(-c3nc4c(c(N5CCOCC5C)n3)CCNC4)cc2)n1. The van der Waals surface area contributed by atoms with Crippen molar-refractivity contribution >= 4 is 17.3 Å². The van der Waals surface area contributed by atoms with Gasteiger partial charge in [0.25, 0.3) is 0 Å². The van der Waals surface area contributed by atoms with Gasteiger partial charge in [-0.3, -0.25) is 4.98 Å². The van der Waals surface area contributed by atoms with E-state index in [1.54, 1.807) is 12.4 Å². The number of unbranched alkanes of at least 4 members (excludes halogenated alkanes) is 1. The number of nitrogens with one attached hydrogen (secondary N) is 2. The van der Waals surface area contributed by atoms with E-state index in [1.165, 1.54) is 5.56 Å². The monoisotopic (exact) mass is 475 g/mol. The maximum atomic E-state index is 5.67. The minimum Gasteiger partial charge on any atom is -0.477 e. The molecule has 2 N–H and O–H groups in total. The van der Waals surface area contributed by atoms with E-state index in [1.807, 2.05) is 24.3 Å². The summed E-state index contributed by atoms with van der Waals surface area (Å²) in [4.78, 5) is 21.1. The van der Waals surface area contributed by atoms with Crippen molar-refractivity contribution in [2.45, 2.75) is 45.7 Å². The van der Waals surface area contributed by atoms with Crippen LogP contribution >= 0.6 is 0 Å². The quantitative estimate of drug-likeness (QED) is 0.472. The third-order valence-electron chi connectivity index (χ3n) is 6.33. The predicted molar refractivity (Wildman–Crippen MR) is 136 cm³/mol. The molecule has 0 bridgehead atoms. The summed E-state index contributed by atoms with van der Waals surface area (Å²) in [7, 11) is 0. The van der Waals surface area contributed by atoms with Gasteiger partial charge in [0.15, 0.2) is 11.6 Å². The number of aromatic nitrogens is 4. The van der Waals surface area contributed by atoms with Crippen molar-refractivity contribution in [3.63, 3.8) is 0 Å². The summed E-state index contributed by atoms with van der Waals surface area (Å²) in [5.41, 5.74) is 4.25. The van der Waals surface area contributed by atoms with Crippen molar-refractivity contribution in [2.24, 2.45) is 0 Å². The van der Waals surface area contributed by atoms with Crippen LogP contribution in [-0.2, 0) is 17.7 Å². The molecule has 35 heavy (non-hydrogen) atoms. The molecular weight excluding hydrogens is 442 g/mol. The molecule has 0 aliphatic carbocycles. The smallest absolute Gasteiger partial charge is 0.234 e. The molecule has 1 atom stereocenters. The Balaban J connectivity index is 1.36. The molecule has 2 aliphatic rings. The molecule has 5 rings (SSSR count). The fraction of sp³-hybridized carbons (Fsp3) is 0.462. The minimum atomic E-state index is 0.292. The number of hydrogen-bond donors (Lipinski definition) is 2. The molecule has 0 spiro atoms. The summed E-state index contributed by atoms with van der Waals surface area (Å²) in [6.45, 7) is 8.99. The normalized spacial score (nSPS) is 17.7. The Kier molecular flexibility index (Phi) is 7.34. The van der Waals surface area contributed by atoms with E-state index >= 15 is 0 Å². The zero-order chi connectivity index (χ0) is 24.0. The van der Waals surface area contributed by atoms with Crippen molar-refractivity contribution in [2.75, 3.05) is 43.1 Å². The van der Waals surface area contributed by atoms with Gasteiger partial charge in [0.1, 0.15) is 5.82 Å². The van der Waals surface area contributed by atoms with Gasteiger partial charge in [0.05, 0.1) is 44.0 Å². The first-order chi connectivity index (χ1) is 17.2. The maximum absolute atomic E-state index is 5.67. The van der Waals surface area contributed by atoms with Gasteiger partial charge < -0.3 is 25.0 Å². The average molecular weight is 476 g/mol. The van der Waals surface area contributed by atoms with Gasteiger partial charge >= 0.3 is 0 Å². The number of rotatable bonds is 8. The average Bonchev–Trinajstić information content (AvgIpc) is 2.89. The van der Waals surface area contributed by atoms with Crippen LogP contribution in [0.4, 0.5) is 17.3 Å². The largest absolute Gasteiger partial charge is 0.477 e. The molecule has 3 aromatic rings. The third kappa shape index (κ3) is 5.52. The van der Waals surface area contributed by atoms with Gasteiger partial charge in [0, 0.05) is 29.9 Å². The number of morpholine rings is 1. The Labute approximate surface area is 206 Å². The summed E-state index contributed by atoms with van der Waals surface area (Å²) >= 11 is 0. The van der Waals surface area contributed by atoms with Crippen LogP contribution in [0.5, 0.6) is 5.88 Å². The lowest BCUT2D eigenvalue weighted by molar-refractivity contribution is 0.0984. The van der Waals surface area contributed by atoms with Gasteiger partial charge in [-0.15, -0.1) is 0 Å². The highest BCUT2D eigenvalue weighted by molar-refractivity contribution is 5.65. The lowest BCUT2D eigenvalue weighted by atomic mass is 10.0. The molecule has 4 heterocycles. The highest BCUT2D eigenvalue weighted by Gasteiger charge is 2.27. The standard InChI is InChI=1S/C26H33N7O2/c1-3-4-12-35-24-16-28-15-23(31-24)29-20-7-5-19(6-8-20)25-30-22-14-27-10-9-21(22)26(32-25)33-11-13-34-17-18(33)2/h5-8,15-16,18,27H,3-4,9-14,17H2,1-2H3,(H,29,31). The molecule has 1 unspecified atom stereocenters. The van der Waals surface area contributed by atoms with Gasteiger partial charge in [0.2, 0.25) is 5.88 Å². The Morgan fingerprint density at radius 2 is 2.06 bits per heavy atom. The van der Waals surface area contributed by atoms with Gasteiger partial charge in [-0.2, -0.15) is 4.98 Å². The molecule has 0 radical (unpaired) electrons. The predicted octanol–water partition coefficient (Wildman–Crippen LogP) is 3.73. The molecule has 184 valence electrons. The van der Waals surface area contributed by atoms with E-state index in [2.05, 4.69) is 39.3 Å². The van der Waals surface area contributed by atoms with Crippen molar-refractivity contribution in [3.05, 3.63) is 47.9 Å². The van der Waals surface area contributed by atoms with Crippen LogP contribution in [-0.4, -0.2) is 58.9 Å². The molecule has 0 amide bonds. The Hall–Kier alpha value is -3.30. The molecule has 1 fully saturated rings. The number of fused-ring (bicyclic) bond motifs is 1. The second-order valence-electron chi connectivity index (χ2n) is 8.99. The van der Waals surface area contributed by atoms with Crippen molar-refractivity contribution in [3.8, 4) is 17.3 Å². The molecular formula is C26H33N7O2. The first-order valence-corrected chi connectivity index (χ1v) is 12.5. The maximum Gasteiger partial charge on any atom is 0.234 e. The fourth-order valence-electron chi connectivity index (χ4n) is 4.40. The number of anilines is 3. The van der Waals surface area contributed by atoms with Gasteiger partial charge in [-0.1, -0.05) is 13.3 Å². The number of nitrogens with zero attached hydrogens (tertiary/aromatic N) is 5. The molecule has 0 saturated carbocycles. The van der Waals surface area contributed by atoms with E-state index in [4.69, 9.17) is 19.4 Å². The second-order valence-corrected chi connectivity index (χ2v) is 8.99. The number of ether oxygens (including phenoxy) is 2. The highest BCUT2D eigenvalue weighted by Crippen LogP contribution is 2.30. The van der Waals surface area contributed by atoms with Crippen molar-refractivity contribution in [1.82, 2.24) is 25.3 Å². The summed E-state index contributed by atoms with van der Waals surface area (Å²) in [6.07, 6.45) is 6.35. The lowest BCUT2D eigenvalue weighted by Crippen LogP contribution is -2.45. The van der Waals surface area contributed by atoms with Gasteiger partial charge in [-0.25, -0.2) is 9.97 Å². The summed E-state index contributed by atoms with van der Waals surface area (Å²) in [5.74, 6) is 2.98. The van der Waals surface area contributed by atoms with Gasteiger partial charge in [-0.05, 0) is 50.6 Å². The Morgan fingerprint density at radius 1 is 1.17 bits per heavy atom. The summed E-state index contributed by atoms with van der Waals surface area (Å²) in [5, 5.41) is 6.76. The van der Waals surface area contributed by atoms with Crippen LogP contribution in [0, 0.1) is 0 Å². The zero-order valence-electron chi connectivity index (χ0n) is 20.5. The van der Waals surface area contributed by atoms with Crippen LogP contribution in [0.3, 0.4) is 0 Å². The zero-order valence-corrected chi connectivity index (χ0v) is 20.5. The topological polar surface area (TPSA) is 97.3 Å². The molecule has 9 heteroatoms. The third-order valence-corrected chi connectivity index (χ3v) is 6.33. The second kappa shape index (κ2) is 11.0. The van der Waals surface area contributed by atoms with Crippen molar-refractivity contribution in [1.29, 1.82) is 0 Å². The molecule has 2 aromatic heterocycles. The van der Waals surface area contributed by atoms with E-state index in [0.717, 1.165) is 80.7 Å². The first kappa shape index (κ1) is 23.4. The van der Waals surface area contributed by atoms with Crippen LogP contribution in [0.1, 0.15) is 37.9 Å². The van der Waals surface area contributed by atoms with E-state index in [-0.39, 0.29) is 0 Å². The highest BCUT2D eigenvalue weighted by atomic mass is 16.5. The molecule has 9 nitrogen and oxygen atoms in total. The van der Waals surface area contributed by atoms with Crippen molar-refractivity contribution < 1.29 is 9.47 Å².